The van der Waals surface area contributed by atoms with Gasteiger partial charge < -0.3 is 10.2 Å². The Hall–Kier alpha value is -2.54. The van der Waals surface area contributed by atoms with Crippen LogP contribution in [-0.4, -0.2) is 32.7 Å². The minimum atomic E-state index is -3.41. The maximum Gasteiger partial charge on any atom is 0.253 e. The average molecular weight is 402 g/mol. The molecule has 0 aromatic heterocycles. The van der Waals surface area contributed by atoms with E-state index in [-0.39, 0.29) is 17.7 Å². The SMILES string of the molecule is CCS(=O)(=O)Nc1ccc(N2CCc3ccccc3C2)c(C(=O)NC(C)C)c1. The molecule has 0 unspecified atom stereocenters. The number of carbonyl (C=O) groups excluding carboxylic acids is 1. The standard InChI is InChI=1S/C21H27N3O3S/c1-4-28(26,27)23-18-9-10-20(19(13-18)21(25)22-15(2)3)24-12-11-16-7-5-6-8-17(16)14-24/h5-10,13,15,23H,4,11-12,14H2,1-3H3,(H,22,25). The summed E-state index contributed by atoms with van der Waals surface area (Å²) in [4.78, 5) is 15.0. The summed E-state index contributed by atoms with van der Waals surface area (Å²) in [6.45, 7) is 6.90. The predicted octanol–water partition coefficient (Wildman–Crippen LogP) is 3.15. The molecule has 28 heavy (non-hydrogen) atoms. The van der Waals surface area contributed by atoms with E-state index in [4.69, 9.17) is 0 Å². The van der Waals surface area contributed by atoms with Gasteiger partial charge in [-0.25, -0.2) is 8.42 Å². The highest BCUT2D eigenvalue weighted by atomic mass is 32.2. The molecule has 0 fully saturated rings. The zero-order valence-electron chi connectivity index (χ0n) is 16.5. The first-order valence-corrected chi connectivity index (χ1v) is 11.2. The van der Waals surface area contributed by atoms with Crippen LogP contribution < -0.4 is 14.9 Å². The smallest absolute Gasteiger partial charge is 0.253 e. The van der Waals surface area contributed by atoms with Crippen molar-refractivity contribution in [3.8, 4) is 0 Å². The number of amides is 1. The molecule has 3 rings (SSSR count). The van der Waals surface area contributed by atoms with Crippen molar-refractivity contribution in [1.29, 1.82) is 0 Å². The molecule has 6 nitrogen and oxygen atoms in total. The molecule has 2 aromatic rings. The van der Waals surface area contributed by atoms with E-state index in [1.165, 1.54) is 11.1 Å². The number of hydrogen-bond acceptors (Lipinski definition) is 4. The Labute approximate surface area is 167 Å². The molecule has 150 valence electrons. The van der Waals surface area contributed by atoms with E-state index >= 15 is 0 Å². The van der Waals surface area contributed by atoms with Gasteiger partial charge in [0, 0.05) is 30.5 Å². The number of carbonyl (C=O) groups is 1. The second-order valence-electron chi connectivity index (χ2n) is 7.31. The molecule has 0 bridgehead atoms. The Kier molecular flexibility index (Phi) is 5.93. The minimum absolute atomic E-state index is 0.0154. The molecule has 1 heterocycles. The summed E-state index contributed by atoms with van der Waals surface area (Å²) in [6, 6.07) is 13.5. The van der Waals surface area contributed by atoms with Gasteiger partial charge in [0.1, 0.15) is 0 Å². The van der Waals surface area contributed by atoms with Gasteiger partial charge in [-0.1, -0.05) is 24.3 Å². The number of anilines is 2. The van der Waals surface area contributed by atoms with Crippen molar-refractivity contribution >= 4 is 27.3 Å². The number of fused-ring (bicyclic) bond motifs is 1. The maximum absolute atomic E-state index is 12.8. The summed E-state index contributed by atoms with van der Waals surface area (Å²) in [7, 11) is -3.41. The van der Waals surface area contributed by atoms with Crippen LogP contribution in [-0.2, 0) is 23.0 Å². The molecule has 0 aliphatic carbocycles. The fourth-order valence-corrected chi connectivity index (χ4v) is 3.98. The minimum Gasteiger partial charge on any atom is -0.366 e. The van der Waals surface area contributed by atoms with E-state index < -0.39 is 10.0 Å². The molecule has 0 atom stereocenters. The van der Waals surface area contributed by atoms with Gasteiger partial charge in [-0.05, 0) is 56.5 Å². The van der Waals surface area contributed by atoms with Crippen molar-refractivity contribution < 1.29 is 13.2 Å². The van der Waals surface area contributed by atoms with Crippen molar-refractivity contribution in [2.45, 2.75) is 39.8 Å². The van der Waals surface area contributed by atoms with E-state index in [0.717, 1.165) is 25.2 Å². The number of rotatable bonds is 6. The highest BCUT2D eigenvalue weighted by molar-refractivity contribution is 7.92. The molecule has 0 spiro atoms. The molecule has 2 aromatic carbocycles. The van der Waals surface area contributed by atoms with Crippen LogP contribution in [0.15, 0.2) is 42.5 Å². The lowest BCUT2D eigenvalue weighted by Crippen LogP contribution is -2.35. The van der Waals surface area contributed by atoms with Crippen LogP contribution in [0.4, 0.5) is 11.4 Å². The van der Waals surface area contributed by atoms with Crippen LogP contribution in [0.2, 0.25) is 0 Å². The molecule has 0 saturated heterocycles. The lowest BCUT2D eigenvalue weighted by Gasteiger charge is -2.32. The lowest BCUT2D eigenvalue weighted by molar-refractivity contribution is 0.0943. The van der Waals surface area contributed by atoms with Gasteiger partial charge in [0.25, 0.3) is 5.91 Å². The number of sulfonamides is 1. The predicted molar refractivity (Wildman–Crippen MR) is 113 cm³/mol. The van der Waals surface area contributed by atoms with Crippen molar-refractivity contribution in [1.82, 2.24) is 5.32 Å². The van der Waals surface area contributed by atoms with Gasteiger partial charge in [-0.3, -0.25) is 9.52 Å². The van der Waals surface area contributed by atoms with Gasteiger partial charge in [-0.2, -0.15) is 0 Å². The van der Waals surface area contributed by atoms with Crippen molar-refractivity contribution in [2.24, 2.45) is 0 Å². The summed E-state index contributed by atoms with van der Waals surface area (Å²) in [5.74, 6) is -0.230. The van der Waals surface area contributed by atoms with Crippen molar-refractivity contribution in [2.75, 3.05) is 21.9 Å². The van der Waals surface area contributed by atoms with Crippen molar-refractivity contribution in [3.63, 3.8) is 0 Å². The van der Waals surface area contributed by atoms with Gasteiger partial charge >= 0.3 is 0 Å². The Bertz CT molecular complexity index is 971. The Morgan fingerprint density at radius 1 is 1.14 bits per heavy atom. The number of nitrogens with zero attached hydrogens (tertiary/aromatic N) is 1. The lowest BCUT2D eigenvalue weighted by atomic mass is 9.98. The van der Waals surface area contributed by atoms with Gasteiger partial charge in [0.2, 0.25) is 10.0 Å². The Morgan fingerprint density at radius 2 is 1.86 bits per heavy atom. The van der Waals surface area contributed by atoms with E-state index in [1.54, 1.807) is 19.1 Å². The summed E-state index contributed by atoms with van der Waals surface area (Å²) >= 11 is 0. The number of nitrogens with one attached hydrogen (secondary N) is 2. The zero-order chi connectivity index (χ0) is 20.3. The third kappa shape index (κ3) is 4.65. The third-order valence-electron chi connectivity index (χ3n) is 4.79. The second kappa shape index (κ2) is 8.22. The Balaban J connectivity index is 1.96. The number of benzene rings is 2. The van der Waals surface area contributed by atoms with E-state index in [9.17, 15) is 13.2 Å². The summed E-state index contributed by atoms with van der Waals surface area (Å²) < 4.78 is 26.4. The van der Waals surface area contributed by atoms with Crippen LogP contribution in [0.5, 0.6) is 0 Å². The second-order valence-corrected chi connectivity index (χ2v) is 9.32. The van der Waals surface area contributed by atoms with Gasteiger partial charge in [0.05, 0.1) is 11.3 Å². The molecular weight excluding hydrogens is 374 g/mol. The first-order chi connectivity index (χ1) is 13.3. The fraction of sp³-hybridized carbons (Fsp3) is 0.381. The van der Waals surface area contributed by atoms with Crippen LogP contribution in [0.1, 0.15) is 42.3 Å². The van der Waals surface area contributed by atoms with Crippen LogP contribution in [0.3, 0.4) is 0 Å². The topological polar surface area (TPSA) is 78.5 Å². The highest BCUT2D eigenvalue weighted by Crippen LogP contribution is 2.30. The van der Waals surface area contributed by atoms with E-state index in [1.807, 2.05) is 32.0 Å². The van der Waals surface area contributed by atoms with Gasteiger partial charge in [-0.15, -0.1) is 0 Å². The normalized spacial score (nSPS) is 13.9. The molecule has 1 amide bonds. The monoisotopic (exact) mass is 401 g/mol. The summed E-state index contributed by atoms with van der Waals surface area (Å²) in [6.07, 6.45) is 0.908. The molecule has 0 radical (unpaired) electrons. The third-order valence-corrected chi connectivity index (χ3v) is 6.09. The zero-order valence-corrected chi connectivity index (χ0v) is 17.3. The maximum atomic E-state index is 12.8. The number of hydrogen-bond donors (Lipinski definition) is 2. The molecule has 1 aliphatic rings. The molecule has 0 saturated carbocycles. The van der Waals surface area contributed by atoms with Gasteiger partial charge in [0.15, 0.2) is 0 Å². The van der Waals surface area contributed by atoms with Crippen LogP contribution in [0, 0.1) is 0 Å². The van der Waals surface area contributed by atoms with E-state index in [2.05, 4.69) is 27.1 Å². The average Bonchev–Trinajstić information content (AvgIpc) is 2.67. The first-order valence-electron chi connectivity index (χ1n) is 9.56. The quantitative estimate of drug-likeness (QED) is 0.779. The van der Waals surface area contributed by atoms with Crippen LogP contribution >= 0.6 is 0 Å². The summed E-state index contributed by atoms with van der Waals surface area (Å²) in [5.41, 5.74) is 4.27. The highest BCUT2D eigenvalue weighted by Gasteiger charge is 2.22. The fourth-order valence-electron chi connectivity index (χ4n) is 3.35. The van der Waals surface area contributed by atoms with E-state index in [0.29, 0.717) is 11.3 Å². The summed E-state index contributed by atoms with van der Waals surface area (Å²) in [5, 5.41) is 2.92. The van der Waals surface area contributed by atoms with Crippen LogP contribution in [0.25, 0.3) is 0 Å². The largest absolute Gasteiger partial charge is 0.366 e. The molecular formula is C21H27N3O3S. The molecule has 2 N–H and O–H groups in total. The Morgan fingerprint density at radius 3 is 2.54 bits per heavy atom. The molecule has 7 heteroatoms. The first kappa shape index (κ1) is 20.2. The molecule has 1 aliphatic heterocycles. The van der Waals surface area contributed by atoms with Crippen molar-refractivity contribution in [3.05, 3.63) is 59.2 Å².